The molecule has 1 aromatic heterocycles. The van der Waals surface area contributed by atoms with Gasteiger partial charge in [-0.2, -0.15) is 0 Å². The molecule has 0 spiro atoms. The van der Waals surface area contributed by atoms with Crippen LogP contribution in [0.25, 0.3) is 22.3 Å². The summed E-state index contributed by atoms with van der Waals surface area (Å²) in [7, 11) is 4.23. The molecule has 0 amide bonds. The second-order valence-electron chi connectivity index (χ2n) is 12.1. The zero-order valence-electron chi connectivity index (χ0n) is 25.3. The first kappa shape index (κ1) is 30.1. The number of aliphatic hydroxyl groups is 2. The van der Waals surface area contributed by atoms with Crippen LogP contribution in [0.3, 0.4) is 0 Å². The summed E-state index contributed by atoms with van der Waals surface area (Å²) in [4.78, 5) is 8.59. The number of pyridine rings is 1. The Balaban J connectivity index is 0.000000169. The smallest absolute Gasteiger partial charge is 0.0926 e. The number of nitrogens with zero attached hydrogens (tertiary/aromatic N) is 3. The first-order chi connectivity index (χ1) is 20.3. The normalized spacial score (nSPS) is 18.6. The van der Waals surface area contributed by atoms with Gasteiger partial charge in [0.25, 0.3) is 0 Å². The summed E-state index contributed by atoms with van der Waals surface area (Å²) >= 11 is 0. The first-order valence-electron chi connectivity index (χ1n) is 15.3. The minimum atomic E-state index is -0.704. The number of rotatable bonds is 5. The lowest BCUT2D eigenvalue weighted by atomic mass is 9.80. The van der Waals surface area contributed by atoms with Crippen molar-refractivity contribution in [3.8, 4) is 22.3 Å². The highest BCUT2D eigenvalue weighted by molar-refractivity contribution is 5.69. The minimum absolute atomic E-state index is 0.663. The Kier molecular flexibility index (Phi) is 9.54. The van der Waals surface area contributed by atoms with E-state index in [0.717, 1.165) is 80.5 Å². The number of hydrogen-bond donors (Lipinski definition) is 2. The molecule has 2 aliphatic heterocycles. The van der Waals surface area contributed by atoms with Crippen molar-refractivity contribution in [1.29, 1.82) is 0 Å². The van der Waals surface area contributed by atoms with E-state index in [2.05, 4.69) is 103 Å². The second-order valence-corrected chi connectivity index (χ2v) is 12.1. The number of aromatic nitrogens is 1. The highest BCUT2D eigenvalue weighted by Gasteiger charge is 2.35. The van der Waals surface area contributed by atoms with Gasteiger partial charge in [-0.15, -0.1) is 0 Å². The van der Waals surface area contributed by atoms with Gasteiger partial charge in [-0.1, -0.05) is 79.7 Å². The fourth-order valence-corrected chi connectivity index (χ4v) is 6.13. The number of piperidine rings is 2. The van der Waals surface area contributed by atoms with E-state index in [0.29, 0.717) is 0 Å². The van der Waals surface area contributed by atoms with Crippen LogP contribution in [-0.4, -0.2) is 65.3 Å². The van der Waals surface area contributed by atoms with E-state index in [1.165, 1.54) is 16.7 Å². The molecule has 220 valence electrons. The highest BCUT2D eigenvalue weighted by Crippen LogP contribution is 2.39. The van der Waals surface area contributed by atoms with Gasteiger partial charge in [-0.3, -0.25) is 4.98 Å². The highest BCUT2D eigenvalue weighted by atomic mass is 16.3. The monoisotopic (exact) mass is 563 g/mol. The average molecular weight is 564 g/mol. The van der Waals surface area contributed by atoms with E-state index >= 15 is 0 Å². The van der Waals surface area contributed by atoms with Gasteiger partial charge in [0, 0.05) is 38.6 Å². The van der Waals surface area contributed by atoms with Crippen LogP contribution in [0.2, 0.25) is 0 Å². The van der Waals surface area contributed by atoms with Crippen LogP contribution >= 0.6 is 0 Å². The molecule has 0 aliphatic carbocycles. The Morgan fingerprint density at radius 2 is 1.19 bits per heavy atom. The zero-order chi connectivity index (χ0) is 29.6. The van der Waals surface area contributed by atoms with Crippen molar-refractivity contribution in [2.45, 2.75) is 50.2 Å². The summed E-state index contributed by atoms with van der Waals surface area (Å²) in [5, 5.41) is 22.0. The van der Waals surface area contributed by atoms with Crippen molar-refractivity contribution in [3.05, 3.63) is 114 Å². The topological polar surface area (TPSA) is 59.8 Å². The van der Waals surface area contributed by atoms with Crippen molar-refractivity contribution < 1.29 is 10.2 Å². The van der Waals surface area contributed by atoms with E-state index < -0.39 is 11.2 Å². The van der Waals surface area contributed by atoms with Crippen LogP contribution in [0, 0.1) is 0 Å². The third kappa shape index (κ3) is 6.99. The molecule has 6 rings (SSSR count). The van der Waals surface area contributed by atoms with Gasteiger partial charge in [0.15, 0.2) is 0 Å². The third-order valence-electron chi connectivity index (χ3n) is 9.14. The lowest BCUT2D eigenvalue weighted by Crippen LogP contribution is -2.41. The van der Waals surface area contributed by atoms with Gasteiger partial charge in [-0.25, -0.2) is 0 Å². The number of benzene rings is 3. The van der Waals surface area contributed by atoms with E-state index in [1.54, 1.807) is 12.4 Å². The molecule has 3 heterocycles. The van der Waals surface area contributed by atoms with Gasteiger partial charge in [0.1, 0.15) is 0 Å². The quantitative estimate of drug-likeness (QED) is 0.291. The first-order valence-corrected chi connectivity index (χ1v) is 15.3. The second kappa shape index (κ2) is 13.3. The van der Waals surface area contributed by atoms with Crippen LogP contribution < -0.4 is 0 Å². The molecular formula is C37H45N3O2. The maximum absolute atomic E-state index is 11.2. The van der Waals surface area contributed by atoms with Crippen LogP contribution in [0.5, 0.6) is 0 Å². The van der Waals surface area contributed by atoms with Crippen LogP contribution in [0.15, 0.2) is 97.3 Å². The van der Waals surface area contributed by atoms with Crippen LogP contribution in [0.1, 0.15) is 49.3 Å². The summed E-state index contributed by atoms with van der Waals surface area (Å²) in [6.45, 7) is 5.96. The summed E-state index contributed by atoms with van der Waals surface area (Å²) < 4.78 is 0. The predicted octanol–water partition coefficient (Wildman–Crippen LogP) is 6.49. The largest absolute Gasteiger partial charge is 0.385 e. The summed E-state index contributed by atoms with van der Waals surface area (Å²) in [5.74, 6) is 0. The van der Waals surface area contributed by atoms with Crippen LogP contribution in [-0.2, 0) is 17.6 Å². The Morgan fingerprint density at radius 3 is 1.76 bits per heavy atom. The maximum atomic E-state index is 11.2. The molecule has 0 unspecified atom stereocenters. The minimum Gasteiger partial charge on any atom is -0.385 e. The molecular weight excluding hydrogens is 518 g/mol. The number of aryl methyl sites for hydroxylation is 1. The lowest BCUT2D eigenvalue weighted by molar-refractivity contribution is -0.0204. The van der Waals surface area contributed by atoms with Gasteiger partial charge in [0.05, 0.1) is 11.2 Å². The molecule has 2 fully saturated rings. The predicted molar refractivity (Wildman–Crippen MR) is 172 cm³/mol. The fraction of sp³-hybridized carbons (Fsp3) is 0.378. The molecule has 0 atom stereocenters. The van der Waals surface area contributed by atoms with E-state index in [4.69, 9.17) is 0 Å². The molecule has 3 aromatic carbocycles. The van der Waals surface area contributed by atoms with Crippen molar-refractivity contribution in [3.63, 3.8) is 0 Å². The van der Waals surface area contributed by atoms with Gasteiger partial charge in [-0.05, 0) is 97.3 Å². The molecule has 2 saturated heterocycles. The van der Waals surface area contributed by atoms with E-state index in [-0.39, 0.29) is 0 Å². The molecule has 0 saturated carbocycles. The molecule has 0 bridgehead atoms. The Labute approximate surface area is 251 Å². The van der Waals surface area contributed by atoms with Crippen molar-refractivity contribution in [1.82, 2.24) is 14.8 Å². The molecule has 2 aliphatic rings. The number of hydrogen-bond acceptors (Lipinski definition) is 5. The van der Waals surface area contributed by atoms with Gasteiger partial charge >= 0.3 is 0 Å². The zero-order valence-corrected chi connectivity index (χ0v) is 25.3. The van der Waals surface area contributed by atoms with Crippen molar-refractivity contribution in [2.24, 2.45) is 0 Å². The van der Waals surface area contributed by atoms with Crippen molar-refractivity contribution in [2.75, 3.05) is 40.3 Å². The third-order valence-corrected chi connectivity index (χ3v) is 9.14. The summed E-state index contributed by atoms with van der Waals surface area (Å²) in [6, 6.07) is 29.3. The van der Waals surface area contributed by atoms with E-state index in [1.807, 2.05) is 18.2 Å². The number of likely N-dealkylation sites (tertiary alicyclic amines) is 2. The van der Waals surface area contributed by atoms with Crippen molar-refractivity contribution >= 4 is 0 Å². The average Bonchev–Trinajstić information content (AvgIpc) is 3.05. The Bertz CT molecular complexity index is 1410. The molecule has 0 radical (unpaired) electrons. The standard InChI is InChI=1S/C20H25NO.C17H20N2O/c1-3-16-9-10-19(20(22)11-13-21(2)14-12-20)18(15-16)17-7-5-4-6-8-17;1-19-12-8-17(20,9-13-19)16-4-2-14(3-5-16)15-6-10-18-11-7-15/h4-10,15,22H,3,11-14H2,1-2H3;2-7,10-11,20H,8-9,12-13H2,1H3. The lowest BCUT2D eigenvalue weighted by Gasteiger charge is -2.38. The van der Waals surface area contributed by atoms with E-state index in [9.17, 15) is 10.2 Å². The molecule has 5 heteroatoms. The maximum Gasteiger partial charge on any atom is 0.0926 e. The molecule has 42 heavy (non-hydrogen) atoms. The summed E-state index contributed by atoms with van der Waals surface area (Å²) in [6.07, 6.45) is 7.82. The molecule has 5 nitrogen and oxygen atoms in total. The Hall–Kier alpha value is -3.35. The molecule has 4 aromatic rings. The fourth-order valence-electron chi connectivity index (χ4n) is 6.13. The SMILES string of the molecule is CCc1ccc(C2(O)CCN(C)CC2)c(-c2ccccc2)c1.CN1CCC(O)(c2ccc(-c3ccncc3)cc2)CC1. The summed E-state index contributed by atoms with van der Waals surface area (Å²) in [5.41, 5.74) is 6.76. The molecule has 2 N–H and O–H groups in total. The van der Waals surface area contributed by atoms with Crippen LogP contribution in [0.4, 0.5) is 0 Å². The van der Waals surface area contributed by atoms with Gasteiger partial charge in [0.2, 0.25) is 0 Å². The Morgan fingerprint density at radius 1 is 0.643 bits per heavy atom. The van der Waals surface area contributed by atoms with Gasteiger partial charge < -0.3 is 20.0 Å².